The number of benzene rings is 2. The molecule has 0 saturated carbocycles. The zero-order valence-corrected chi connectivity index (χ0v) is 19.2. The van der Waals surface area contributed by atoms with Crippen molar-refractivity contribution in [2.45, 2.75) is 6.92 Å². The van der Waals surface area contributed by atoms with E-state index in [4.69, 9.17) is 9.47 Å². The minimum atomic E-state index is -3.31. The monoisotopic (exact) mass is 462 g/mol. The highest BCUT2D eigenvalue weighted by molar-refractivity contribution is 7.92. The molecule has 10 heteroatoms. The maximum atomic E-state index is 12.1. The number of carbonyl (C=O) groups is 1. The van der Waals surface area contributed by atoms with Crippen molar-refractivity contribution in [1.82, 2.24) is 4.90 Å². The van der Waals surface area contributed by atoms with Gasteiger partial charge in [0.1, 0.15) is 12.4 Å². The summed E-state index contributed by atoms with van der Waals surface area (Å²) in [4.78, 5) is 16.6. The molecule has 2 aromatic carbocycles. The van der Waals surface area contributed by atoms with Crippen molar-refractivity contribution in [2.24, 2.45) is 0 Å². The van der Waals surface area contributed by atoms with E-state index in [1.54, 1.807) is 18.2 Å². The Morgan fingerprint density at radius 3 is 2.53 bits per heavy atom. The molecule has 174 valence electrons. The van der Waals surface area contributed by atoms with E-state index in [0.29, 0.717) is 30.3 Å². The Morgan fingerprint density at radius 2 is 1.81 bits per heavy atom. The molecule has 3 rings (SSSR count). The standard InChI is InChI=1S/C22H30N4O5S/c1-3-30-21-10-5-4-9-20(21)23-22(27)31-16-15-25-11-13-26(14-12-25)19-8-6-7-18(17-19)24-32(2,28)29/h4-10,17,24H,3,11-16H2,1-2H3,(H,23,27). The summed E-state index contributed by atoms with van der Waals surface area (Å²) in [5.74, 6) is 0.610. The molecule has 0 bridgehead atoms. The van der Waals surface area contributed by atoms with Crippen molar-refractivity contribution in [3.8, 4) is 5.75 Å². The summed E-state index contributed by atoms with van der Waals surface area (Å²) < 4.78 is 36.2. The highest BCUT2D eigenvalue weighted by Crippen LogP contribution is 2.24. The third-order valence-corrected chi connectivity index (χ3v) is 5.56. The lowest BCUT2D eigenvalue weighted by Crippen LogP contribution is -2.47. The van der Waals surface area contributed by atoms with E-state index in [1.807, 2.05) is 37.3 Å². The summed E-state index contributed by atoms with van der Waals surface area (Å²) >= 11 is 0. The molecule has 2 N–H and O–H groups in total. The van der Waals surface area contributed by atoms with Gasteiger partial charge in [-0.25, -0.2) is 13.2 Å². The van der Waals surface area contributed by atoms with Crippen LogP contribution in [0.25, 0.3) is 0 Å². The van der Waals surface area contributed by atoms with Gasteiger partial charge in [0.2, 0.25) is 10.0 Å². The van der Waals surface area contributed by atoms with Crippen LogP contribution in [0.3, 0.4) is 0 Å². The van der Waals surface area contributed by atoms with Gasteiger partial charge in [-0.3, -0.25) is 14.9 Å². The molecule has 1 saturated heterocycles. The van der Waals surface area contributed by atoms with Crippen molar-refractivity contribution in [3.63, 3.8) is 0 Å². The van der Waals surface area contributed by atoms with Gasteiger partial charge in [0.05, 0.1) is 24.2 Å². The molecule has 0 radical (unpaired) electrons. The lowest BCUT2D eigenvalue weighted by atomic mass is 10.2. The molecule has 32 heavy (non-hydrogen) atoms. The van der Waals surface area contributed by atoms with Crippen molar-refractivity contribution in [1.29, 1.82) is 0 Å². The van der Waals surface area contributed by atoms with Crippen molar-refractivity contribution in [3.05, 3.63) is 48.5 Å². The first-order valence-corrected chi connectivity index (χ1v) is 12.4. The SMILES string of the molecule is CCOc1ccccc1NC(=O)OCCN1CCN(c2cccc(NS(C)(=O)=O)c2)CC1. The first kappa shape index (κ1) is 23.7. The molecule has 1 fully saturated rings. The first-order valence-electron chi connectivity index (χ1n) is 10.5. The Balaban J connectivity index is 1.41. The molecular weight excluding hydrogens is 432 g/mol. The Labute approximate surface area is 189 Å². The zero-order chi connectivity index (χ0) is 23.0. The third-order valence-electron chi connectivity index (χ3n) is 4.95. The quantitative estimate of drug-likeness (QED) is 0.591. The summed E-state index contributed by atoms with van der Waals surface area (Å²) in [7, 11) is -3.31. The summed E-state index contributed by atoms with van der Waals surface area (Å²) in [6.07, 6.45) is 0.629. The molecular formula is C22H30N4O5S. The second-order valence-electron chi connectivity index (χ2n) is 7.44. The number of anilines is 3. The normalized spacial score (nSPS) is 14.6. The molecule has 0 spiro atoms. The third kappa shape index (κ3) is 7.31. The maximum absolute atomic E-state index is 12.1. The number of amides is 1. The number of nitrogens with zero attached hydrogens (tertiary/aromatic N) is 2. The first-order chi connectivity index (χ1) is 15.3. The molecule has 0 aromatic heterocycles. The highest BCUT2D eigenvalue weighted by Gasteiger charge is 2.18. The van der Waals surface area contributed by atoms with Gasteiger partial charge < -0.3 is 14.4 Å². The minimum Gasteiger partial charge on any atom is -0.492 e. The Bertz CT molecular complexity index is 1010. The average molecular weight is 463 g/mol. The lowest BCUT2D eigenvalue weighted by Gasteiger charge is -2.36. The lowest BCUT2D eigenvalue weighted by molar-refractivity contribution is 0.137. The van der Waals surface area contributed by atoms with Crippen LogP contribution in [-0.4, -0.2) is 71.6 Å². The molecule has 9 nitrogen and oxygen atoms in total. The number of hydrogen-bond acceptors (Lipinski definition) is 7. The Hall–Kier alpha value is -2.98. The van der Waals surface area contributed by atoms with Gasteiger partial charge >= 0.3 is 6.09 Å². The van der Waals surface area contributed by atoms with Crippen LogP contribution in [0.2, 0.25) is 0 Å². The number of hydrogen-bond donors (Lipinski definition) is 2. The Kier molecular flexibility index (Phi) is 8.18. The van der Waals surface area contributed by atoms with E-state index in [-0.39, 0.29) is 6.61 Å². The molecule has 0 atom stereocenters. The number of rotatable bonds is 9. The number of sulfonamides is 1. The summed E-state index contributed by atoms with van der Waals surface area (Å²) in [6.45, 7) is 6.58. The fraction of sp³-hybridized carbons (Fsp3) is 0.409. The number of nitrogens with one attached hydrogen (secondary N) is 2. The molecule has 1 amide bonds. The van der Waals surface area contributed by atoms with Crippen LogP contribution in [-0.2, 0) is 14.8 Å². The van der Waals surface area contributed by atoms with Crippen LogP contribution in [0.4, 0.5) is 21.9 Å². The summed E-state index contributed by atoms with van der Waals surface area (Å²) in [5, 5.41) is 2.72. The van der Waals surface area contributed by atoms with Crippen molar-refractivity contribution < 1.29 is 22.7 Å². The maximum Gasteiger partial charge on any atom is 0.411 e. The van der Waals surface area contributed by atoms with Gasteiger partial charge in [-0.1, -0.05) is 18.2 Å². The van der Waals surface area contributed by atoms with Gasteiger partial charge in [-0.15, -0.1) is 0 Å². The van der Waals surface area contributed by atoms with E-state index in [9.17, 15) is 13.2 Å². The number of carbonyl (C=O) groups excluding carboxylic acids is 1. The predicted octanol–water partition coefficient (Wildman–Crippen LogP) is 2.83. The van der Waals surface area contributed by atoms with Crippen LogP contribution >= 0.6 is 0 Å². The van der Waals surface area contributed by atoms with Crippen LogP contribution in [0.15, 0.2) is 48.5 Å². The van der Waals surface area contributed by atoms with Crippen molar-refractivity contribution in [2.75, 3.05) is 67.1 Å². The van der Waals surface area contributed by atoms with E-state index in [1.165, 1.54) is 0 Å². The van der Waals surface area contributed by atoms with Gasteiger partial charge in [-0.05, 0) is 37.3 Å². The molecule has 1 aliphatic rings. The van der Waals surface area contributed by atoms with E-state index >= 15 is 0 Å². The Morgan fingerprint density at radius 1 is 1.06 bits per heavy atom. The zero-order valence-electron chi connectivity index (χ0n) is 18.4. The number of piperazine rings is 1. The second-order valence-corrected chi connectivity index (χ2v) is 9.19. The number of para-hydroxylation sites is 2. The summed E-state index contributed by atoms with van der Waals surface area (Å²) in [6, 6.07) is 14.6. The molecule has 0 aliphatic carbocycles. The smallest absolute Gasteiger partial charge is 0.411 e. The molecule has 1 heterocycles. The minimum absolute atomic E-state index is 0.288. The van der Waals surface area contributed by atoms with E-state index < -0.39 is 16.1 Å². The summed E-state index contributed by atoms with van der Waals surface area (Å²) in [5.41, 5.74) is 2.11. The van der Waals surface area contributed by atoms with Gasteiger partial charge in [0.25, 0.3) is 0 Å². The van der Waals surface area contributed by atoms with Crippen molar-refractivity contribution >= 4 is 33.2 Å². The molecule has 2 aromatic rings. The largest absolute Gasteiger partial charge is 0.492 e. The molecule has 1 aliphatic heterocycles. The van der Waals surface area contributed by atoms with Crippen LogP contribution in [0.1, 0.15) is 6.92 Å². The van der Waals surface area contributed by atoms with E-state index in [2.05, 4.69) is 19.8 Å². The molecule has 0 unspecified atom stereocenters. The van der Waals surface area contributed by atoms with Gasteiger partial charge in [0.15, 0.2) is 0 Å². The van der Waals surface area contributed by atoms with Crippen LogP contribution in [0, 0.1) is 0 Å². The average Bonchev–Trinajstić information content (AvgIpc) is 2.75. The number of ether oxygens (including phenoxy) is 2. The van der Waals surface area contributed by atoms with Gasteiger partial charge in [0, 0.05) is 38.4 Å². The topological polar surface area (TPSA) is 100 Å². The van der Waals surface area contributed by atoms with Crippen LogP contribution in [0.5, 0.6) is 5.75 Å². The highest BCUT2D eigenvalue weighted by atomic mass is 32.2. The van der Waals surface area contributed by atoms with E-state index in [0.717, 1.165) is 38.1 Å². The fourth-order valence-corrected chi connectivity index (χ4v) is 4.03. The fourth-order valence-electron chi connectivity index (χ4n) is 3.47. The predicted molar refractivity (Wildman–Crippen MR) is 126 cm³/mol. The van der Waals surface area contributed by atoms with Crippen LogP contribution < -0.4 is 19.7 Å². The van der Waals surface area contributed by atoms with Gasteiger partial charge in [-0.2, -0.15) is 0 Å². The second kappa shape index (κ2) is 11.1.